The molecule has 0 aliphatic carbocycles. The molecule has 9 heteroatoms. The molecule has 0 fully saturated rings. The van der Waals surface area contributed by atoms with E-state index in [4.69, 9.17) is 0 Å². The average molecular weight is 490 g/mol. The molecule has 0 unspecified atom stereocenters. The molecule has 0 bridgehead atoms. The van der Waals surface area contributed by atoms with E-state index < -0.39 is 17.6 Å². The van der Waals surface area contributed by atoms with Gasteiger partial charge in [-0.15, -0.1) is 5.10 Å². The van der Waals surface area contributed by atoms with Gasteiger partial charge in [-0.05, 0) is 59.9 Å². The highest BCUT2D eigenvalue weighted by atomic mass is 19.4. The lowest BCUT2D eigenvalue weighted by Crippen LogP contribution is -2.22. The molecule has 4 heterocycles. The van der Waals surface area contributed by atoms with E-state index in [1.54, 1.807) is 25.5 Å². The Morgan fingerprint density at radius 1 is 0.917 bits per heavy atom. The number of fused-ring (bicyclic) bond motifs is 1. The minimum atomic E-state index is -4.53. The van der Waals surface area contributed by atoms with Gasteiger partial charge in [0.15, 0.2) is 5.65 Å². The molecule has 0 saturated heterocycles. The lowest BCUT2D eigenvalue weighted by atomic mass is 9.96. The van der Waals surface area contributed by atoms with Gasteiger partial charge < -0.3 is 0 Å². The second-order valence-electron chi connectivity index (χ2n) is 8.49. The van der Waals surface area contributed by atoms with E-state index in [1.807, 2.05) is 49.4 Å². The molecule has 0 atom stereocenters. The quantitative estimate of drug-likeness (QED) is 0.324. The summed E-state index contributed by atoms with van der Waals surface area (Å²) >= 11 is 0. The molecule has 0 spiro atoms. The normalized spacial score (nSPS) is 11.8. The predicted octanol–water partition coefficient (Wildman–Crippen LogP) is 5.56. The number of rotatable bonds is 5. The molecular weight excluding hydrogens is 467 g/mol. The Balaban J connectivity index is 1.67. The molecule has 36 heavy (non-hydrogen) atoms. The first kappa shape index (κ1) is 23.5. The van der Waals surface area contributed by atoms with Crippen molar-refractivity contribution in [3.63, 3.8) is 0 Å². The van der Waals surface area contributed by atoms with Gasteiger partial charge in [-0.25, -0.2) is 18.9 Å². The highest BCUT2D eigenvalue weighted by Crippen LogP contribution is 2.34. The fourth-order valence-corrected chi connectivity index (χ4v) is 4.26. The third-order valence-electron chi connectivity index (χ3n) is 6.10. The molecule has 0 amide bonds. The summed E-state index contributed by atoms with van der Waals surface area (Å²) in [4.78, 5) is 21.2. The van der Waals surface area contributed by atoms with Crippen LogP contribution in [0.25, 0.3) is 27.9 Å². The molecule has 6 nitrogen and oxygen atoms in total. The first-order chi connectivity index (χ1) is 17.3. The molecule has 0 N–H and O–H groups in total. The molecule has 182 valence electrons. The second kappa shape index (κ2) is 9.07. The zero-order valence-corrected chi connectivity index (χ0v) is 19.6. The lowest BCUT2D eigenvalue weighted by molar-refractivity contribution is -0.141. The van der Waals surface area contributed by atoms with Crippen LogP contribution in [0.5, 0.6) is 0 Å². The van der Waals surface area contributed by atoms with Crippen LogP contribution < -0.4 is 5.69 Å². The Kier molecular flexibility index (Phi) is 5.91. The third-order valence-corrected chi connectivity index (χ3v) is 6.10. The van der Waals surface area contributed by atoms with Gasteiger partial charge in [0.05, 0.1) is 6.54 Å². The van der Waals surface area contributed by atoms with Crippen molar-refractivity contribution in [1.82, 2.24) is 24.1 Å². The summed E-state index contributed by atoms with van der Waals surface area (Å²) in [5.74, 6) is 0. The van der Waals surface area contributed by atoms with Crippen molar-refractivity contribution in [2.75, 3.05) is 0 Å². The number of aryl methyl sites for hydroxylation is 2. The maximum atomic E-state index is 13.3. The first-order valence-electron chi connectivity index (χ1n) is 11.4. The Labute approximate surface area is 204 Å². The predicted molar refractivity (Wildman–Crippen MR) is 131 cm³/mol. The standard InChI is InChI=1S/C27H22F3N5O/c1-3-22-20(8-9-23(32-22)27(28,29)30)16-35-26(36)34-15-12-21(18-6-4-17(2)5-7-18)24(25(34)33-35)19-10-13-31-14-11-19/h4-15H,3,16H2,1-2H3. The molecule has 4 aromatic heterocycles. The van der Waals surface area contributed by atoms with Crippen LogP contribution in [-0.4, -0.2) is 24.1 Å². The topological polar surface area (TPSA) is 65.1 Å². The fourth-order valence-electron chi connectivity index (χ4n) is 4.26. The maximum absolute atomic E-state index is 13.3. The van der Waals surface area contributed by atoms with Gasteiger partial charge in [0.1, 0.15) is 5.69 Å². The molecule has 0 saturated carbocycles. The van der Waals surface area contributed by atoms with Gasteiger partial charge in [-0.2, -0.15) is 13.2 Å². The van der Waals surface area contributed by atoms with Crippen LogP contribution in [0.3, 0.4) is 0 Å². The minimum Gasteiger partial charge on any atom is -0.265 e. The summed E-state index contributed by atoms with van der Waals surface area (Å²) in [5, 5.41) is 4.63. The number of aromatic nitrogens is 5. The first-order valence-corrected chi connectivity index (χ1v) is 11.4. The van der Waals surface area contributed by atoms with Gasteiger partial charge in [0, 0.05) is 29.8 Å². The maximum Gasteiger partial charge on any atom is 0.433 e. The number of benzene rings is 1. The number of hydrogen-bond acceptors (Lipinski definition) is 4. The summed E-state index contributed by atoms with van der Waals surface area (Å²) in [6.07, 6.45) is 0.782. The van der Waals surface area contributed by atoms with E-state index in [-0.39, 0.29) is 12.2 Å². The molecule has 1 aromatic carbocycles. The summed E-state index contributed by atoms with van der Waals surface area (Å²) < 4.78 is 42.1. The monoisotopic (exact) mass is 489 g/mol. The number of hydrogen-bond donors (Lipinski definition) is 0. The van der Waals surface area contributed by atoms with Gasteiger partial charge in [-0.1, -0.05) is 42.8 Å². The van der Waals surface area contributed by atoms with Crippen LogP contribution in [0.1, 0.15) is 29.4 Å². The van der Waals surface area contributed by atoms with Crippen molar-refractivity contribution in [1.29, 1.82) is 0 Å². The van der Waals surface area contributed by atoms with E-state index >= 15 is 0 Å². The molecule has 5 aromatic rings. The van der Waals surface area contributed by atoms with E-state index in [9.17, 15) is 18.0 Å². The van der Waals surface area contributed by atoms with Gasteiger partial charge >= 0.3 is 11.9 Å². The Bertz CT molecular complexity index is 1600. The van der Waals surface area contributed by atoms with Crippen LogP contribution in [-0.2, 0) is 19.1 Å². The van der Waals surface area contributed by atoms with Crippen LogP contribution >= 0.6 is 0 Å². The van der Waals surface area contributed by atoms with Crippen molar-refractivity contribution in [2.45, 2.75) is 33.0 Å². The van der Waals surface area contributed by atoms with Crippen molar-refractivity contribution >= 4 is 5.65 Å². The molecule has 5 rings (SSSR count). The van der Waals surface area contributed by atoms with Crippen LogP contribution in [0, 0.1) is 6.92 Å². The summed E-state index contributed by atoms with van der Waals surface area (Å²) in [6, 6.07) is 16.0. The van der Waals surface area contributed by atoms with Crippen molar-refractivity contribution < 1.29 is 13.2 Å². The lowest BCUT2D eigenvalue weighted by Gasteiger charge is -2.11. The smallest absolute Gasteiger partial charge is 0.265 e. The number of pyridine rings is 3. The van der Waals surface area contributed by atoms with Crippen LogP contribution in [0.2, 0.25) is 0 Å². The van der Waals surface area contributed by atoms with Gasteiger partial charge in [0.25, 0.3) is 0 Å². The Hall–Kier alpha value is -4.27. The second-order valence-corrected chi connectivity index (χ2v) is 8.49. The fraction of sp³-hybridized carbons (Fsp3) is 0.185. The van der Waals surface area contributed by atoms with E-state index in [1.165, 1.54) is 15.1 Å². The van der Waals surface area contributed by atoms with Crippen molar-refractivity contribution in [2.24, 2.45) is 0 Å². The largest absolute Gasteiger partial charge is 0.433 e. The van der Waals surface area contributed by atoms with Gasteiger partial charge in [-0.3, -0.25) is 4.98 Å². The molecular formula is C27H22F3N5O. The summed E-state index contributed by atoms with van der Waals surface area (Å²) in [6.45, 7) is 3.75. The summed E-state index contributed by atoms with van der Waals surface area (Å²) in [5.41, 5.74) is 4.50. The number of halogens is 3. The highest BCUT2D eigenvalue weighted by molar-refractivity contribution is 5.91. The van der Waals surface area contributed by atoms with Crippen molar-refractivity contribution in [3.05, 3.63) is 106 Å². The highest BCUT2D eigenvalue weighted by Gasteiger charge is 2.33. The van der Waals surface area contributed by atoms with E-state index in [2.05, 4.69) is 15.1 Å². The summed E-state index contributed by atoms with van der Waals surface area (Å²) in [7, 11) is 0. The number of nitrogens with zero attached hydrogens (tertiary/aromatic N) is 5. The van der Waals surface area contributed by atoms with E-state index in [0.717, 1.165) is 33.9 Å². The van der Waals surface area contributed by atoms with Crippen molar-refractivity contribution in [3.8, 4) is 22.3 Å². The van der Waals surface area contributed by atoms with Crippen LogP contribution in [0.4, 0.5) is 13.2 Å². The minimum absolute atomic E-state index is 0.00444. The Morgan fingerprint density at radius 2 is 1.64 bits per heavy atom. The zero-order chi connectivity index (χ0) is 25.4. The molecule has 0 radical (unpaired) electrons. The SMILES string of the molecule is CCc1nc(C(F)(F)F)ccc1Cn1nc2c(-c3ccncc3)c(-c3ccc(C)cc3)ccn2c1=O. The third kappa shape index (κ3) is 4.28. The zero-order valence-electron chi connectivity index (χ0n) is 19.6. The number of alkyl halides is 3. The Morgan fingerprint density at radius 3 is 2.31 bits per heavy atom. The molecule has 0 aliphatic heterocycles. The van der Waals surface area contributed by atoms with Crippen LogP contribution in [0.15, 0.2) is 78.0 Å². The van der Waals surface area contributed by atoms with E-state index in [0.29, 0.717) is 17.6 Å². The molecule has 0 aliphatic rings. The average Bonchev–Trinajstić information content (AvgIpc) is 3.19. The van der Waals surface area contributed by atoms with Gasteiger partial charge in [0.2, 0.25) is 0 Å².